The monoisotopic (exact) mass is 323 g/mol. The molecule has 2 rings (SSSR count). The highest BCUT2D eigenvalue weighted by Gasteiger charge is 2.30. The van der Waals surface area contributed by atoms with Gasteiger partial charge >= 0.3 is 6.18 Å². The van der Waals surface area contributed by atoms with Crippen LogP contribution >= 0.6 is 0 Å². The Morgan fingerprint density at radius 2 is 1.87 bits per heavy atom. The van der Waals surface area contributed by atoms with Crippen LogP contribution in [0.1, 0.15) is 11.1 Å². The zero-order chi connectivity index (χ0) is 17.0. The van der Waals surface area contributed by atoms with Gasteiger partial charge in [0.2, 0.25) is 0 Å². The first-order valence-corrected chi connectivity index (χ1v) is 6.47. The third-order valence-electron chi connectivity index (χ3n) is 3.01. The summed E-state index contributed by atoms with van der Waals surface area (Å²) in [5, 5.41) is 13.5. The highest BCUT2D eigenvalue weighted by atomic mass is 19.4. The van der Waals surface area contributed by atoms with Crippen LogP contribution in [0.2, 0.25) is 0 Å². The Morgan fingerprint density at radius 3 is 2.48 bits per heavy atom. The van der Waals surface area contributed by atoms with E-state index >= 15 is 0 Å². The van der Waals surface area contributed by atoms with E-state index in [1.54, 1.807) is 6.07 Å². The van der Waals surface area contributed by atoms with Crippen LogP contribution in [0.15, 0.2) is 53.5 Å². The Bertz CT molecular complexity index is 758. The lowest BCUT2D eigenvalue weighted by molar-refractivity contribution is -0.384. The van der Waals surface area contributed by atoms with E-state index in [0.717, 1.165) is 12.1 Å². The minimum absolute atomic E-state index is 0.130. The average molecular weight is 323 g/mol. The molecule has 23 heavy (non-hydrogen) atoms. The molecule has 0 fully saturated rings. The van der Waals surface area contributed by atoms with Crippen molar-refractivity contribution in [2.45, 2.75) is 6.18 Å². The van der Waals surface area contributed by atoms with Crippen LogP contribution in [-0.2, 0) is 6.18 Å². The zero-order valence-electron chi connectivity index (χ0n) is 12.0. The molecule has 8 heteroatoms. The van der Waals surface area contributed by atoms with Crippen LogP contribution in [0.3, 0.4) is 0 Å². The fourth-order valence-electron chi connectivity index (χ4n) is 1.93. The summed E-state index contributed by atoms with van der Waals surface area (Å²) in [5.41, 5.74) is -0.336. The Hall–Kier alpha value is -2.90. The van der Waals surface area contributed by atoms with Gasteiger partial charge < -0.3 is 5.32 Å². The summed E-state index contributed by atoms with van der Waals surface area (Å²) in [6.45, 7) is 0. The number of anilines is 1. The molecule has 0 radical (unpaired) electrons. The maximum atomic E-state index is 12.7. The van der Waals surface area contributed by atoms with Gasteiger partial charge in [-0.3, -0.25) is 15.1 Å². The number of nitro groups is 1. The van der Waals surface area contributed by atoms with Crippen molar-refractivity contribution in [2.24, 2.45) is 4.99 Å². The number of alkyl halides is 3. The van der Waals surface area contributed by atoms with Gasteiger partial charge in [-0.1, -0.05) is 18.2 Å². The minimum Gasteiger partial charge on any atom is -0.340 e. The van der Waals surface area contributed by atoms with Crippen molar-refractivity contribution < 1.29 is 18.1 Å². The van der Waals surface area contributed by atoms with Crippen molar-refractivity contribution in [3.63, 3.8) is 0 Å². The third kappa shape index (κ3) is 4.06. The van der Waals surface area contributed by atoms with Gasteiger partial charge in [0.05, 0.1) is 10.5 Å². The molecular formula is C15H12F3N3O2. The second-order valence-corrected chi connectivity index (χ2v) is 4.58. The van der Waals surface area contributed by atoms with Crippen molar-refractivity contribution in [2.75, 3.05) is 12.4 Å². The quantitative estimate of drug-likeness (QED) is 0.400. The molecule has 0 saturated carbocycles. The van der Waals surface area contributed by atoms with Crippen LogP contribution in [0.4, 0.5) is 24.5 Å². The molecule has 0 aliphatic rings. The van der Waals surface area contributed by atoms with E-state index in [0.29, 0.717) is 5.56 Å². The van der Waals surface area contributed by atoms with E-state index in [9.17, 15) is 23.3 Å². The molecule has 0 bridgehead atoms. The van der Waals surface area contributed by atoms with Gasteiger partial charge in [-0.2, -0.15) is 13.2 Å². The molecular weight excluding hydrogens is 311 g/mol. The summed E-state index contributed by atoms with van der Waals surface area (Å²) in [6, 6.07) is 10.3. The summed E-state index contributed by atoms with van der Waals surface area (Å²) in [5.74, 6) is 0.230. The number of halogens is 3. The topological polar surface area (TPSA) is 67.5 Å². The first-order chi connectivity index (χ1) is 10.8. The van der Waals surface area contributed by atoms with E-state index in [2.05, 4.69) is 10.3 Å². The van der Waals surface area contributed by atoms with Crippen LogP contribution in [0.5, 0.6) is 0 Å². The average Bonchev–Trinajstić information content (AvgIpc) is 2.52. The van der Waals surface area contributed by atoms with Crippen molar-refractivity contribution in [3.8, 4) is 0 Å². The number of hydrogen-bond acceptors (Lipinski definition) is 3. The minimum atomic E-state index is -4.45. The molecule has 5 nitrogen and oxygen atoms in total. The van der Waals surface area contributed by atoms with Crippen LogP contribution < -0.4 is 5.32 Å². The Labute approximate surface area is 129 Å². The maximum Gasteiger partial charge on any atom is 0.416 e. The number of amidine groups is 1. The summed E-state index contributed by atoms with van der Waals surface area (Å²) >= 11 is 0. The summed E-state index contributed by atoms with van der Waals surface area (Å²) in [6.07, 6.45) is -4.45. The molecule has 0 aliphatic heterocycles. The van der Waals surface area contributed by atoms with Crippen molar-refractivity contribution in [1.29, 1.82) is 0 Å². The molecule has 0 aromatic heterocycles. The van der Waals surface area contributed by atoms with Gasteiger partial charge in [0.1, 0.15) is 5.84 Å². The Morgan fingerprint density at radius 1 is 1.17 bits per heavy atom. The Kier molecular flexibility index (Phi) is 4.63. The first kappa shape index (κ1) is 16.5. The normalized spacial score (nSPS) is 12.1. The maximum absolute atomic E-state index is 12.7. The Balaban J connectivity index is 2.31. The molecule has 0 heterocycles. The van der Waals surface area contributed by atoms with Gasteiger partial charge in [-0.15, -0.1) is 0 Å². The molecule has 0 amide bonds. The van der Waals surface area contributed by atoms with Gasteiger partial charge in [0.25, 0.3) is 5.69 Å². The predicted molar refractivity (Wildman–Crippen MR) is 80.6 cm³/mol. The smallest absolute Gasteiger partial charge is 0.340 e. The molecule has 0 aliphatic carbocycles. The number of benzene rings is 2. The van der Waals surface area contributed by atoms with E-state index in [4.69, 9.17) is 0 Å². The van der Waals surface area contributed by atoms with Gasteiger partial charge in [-0.05, 0) is 18.2 Å². The number of non-ortho nitro benzene ring substituents is 1. The molecule has 0 atom stereocenters. The number of nitro benzene ring substituents is 1. The van der Waals surface area contributed by atoms with Crippen LogP contribution in [0.25, 0.3) is 0 Å². The fraction of sp³-hybridized carbons (Fsp3) is 0.133. The molecule has 2 aromatic rings. The molecule has 1 N–H and O–H groups in total. The highest BCUT2D eigenvalue weighted by molar-refractivity contribution is 6.08. The van der Waals surface area contributed by atoms with Crippen molar-refractivity contribution in [3.05, 3.63) is 69.8 Å². The second-order valence-electron chi connectivity index (χ2n) is 4.58. The van der Waals surface area contributed by atoms with Crippen LogP contribution in [-0.4, -0.2) is 17.8 Å². The van der Waals surface area contributed by atoms with Crippen molar-refractivity contribution >= 4 is 17.2 Å². The molecule has 2 aromatic carbocycles. The lowest BCUT2D eigenvalue weighted by Gasteiger charge is -2.12. The second kappa shape index (κ2) is 6.47. The van der Waals surface area contributed by atoms with E-state index < -0.39 is 16.7 Å². The van der Waals surface area contributed by atoms with Gasteiger partial charge in [0.15, 0.2) is 0 Å². The van der Waals surface area contributed by atoms with Crippen LogP contribution in [0, 0.1) is 10.1 Å². The number of nitrogens with zero attached hydrogens (tertiary/aromatic N) is 2. The van der Waals surface area contributed by atoms with E-state index in [-0.39, 0.29) is 17.2 Å². The number of rotatable bonds is 3. The number of nitrogens with one attached hydrogen (secondary N) is 1. The highest BCUT2D eigenvalue weighted by Crippen LogP contribution is 2.30. The largest absolute Gasteiger partial charge is 0.416 e. The van der Waals surface area contributed by atoms with Crippen molar-refractivity contribution in [1.82, 2.24) is 0 Å². The SMILES string of the molecule is CN=C(Nc1cccc(C(F)(F)F)c1)c1cccc([N+](=O)[O-])c1. The third-order valence-corrected chi connectivity index (χ3v) is 3.01. The summed E-state index contributed by atoms with van der Waals surface area (Å²) in [4.78, 5) is 14.2. The molecule has 120 valence electrons. The number of hydrogen-bond donors (Lipinski definition) is 1. The zero-order valence-corrected chi connectivity index (χ0v) is 12.0. The summed E-state index contributed by atoms with van der Waals surface area (Å²) < 4.78 is 38.2. The molecule has 0 unspecified atom stereocenters. The molecule has 0 spiro atoms. The fourth-order valence-corrected chi connectivity index (χ4v) is 1.93. The van der Waals surface area contributed by atoms with Gasteiger partial charge in [-0.25, -0.2) is 0 Å². The lowest BCUT2D eigenvalue weighted by Crippen LogP contribution is -2.14. The number of aliphatic imine (C=N–C) groups is 1. The molecule has 0 saturated heterocycles. The van der Waals surface area contributed by atoms with E-state index in [1.807, 2.05) is 0 Å². The standard InChI is InChI=1S/C15H12F3N3O2/c1-19-14(10-4-2-7-13(8-10)21(22)23)20-12-6-3-5-11(9-12)15(16,17)18/h2-9H,1H3,(H,19,20). The lowest BCUT2D eigenvalue weighted by atomic mass is 10.1. The predicted octanol–water partition coefficient (Wildman–Crippen LogP) is 4.10. The first-order valence-electron chi connectivity index (χ1n) is 6.47. The van der Waals surface area contributed by atoms with Gasteiger partial charge in [0, 0.05) is 30.4 Å². The van der Waals surface area contributed by atoms with E-state index in [1.165, 1.54) is 37.4 Å². The summed E-state index contributed by atoms with van der Waals surface area (Å²) in [7, 11) is 1.44.